The van der Waals surface area contributed by atoms with E-state index in [9.17, 15) is 9.18 Å². The predicted octanol–water partition coefficient (Wildman–Crippen LogP) is 2.88. The minimum Gasteiger partial charge on any atom is -0.494 e. The molecule has 2 heterocycles. The Morgan fingerprint density at radius 3 is 3.04 bits per heavy atom. The molecule has 0 aliphatic carbocycles. The Labute approximate surface area is 148 Å². The number of carbonyl (C=O) groups is 1. The quantitative estimate of drug-likeness (QED) is 0.818. The number of nitrogens with zero attached hydrogens (tertiary/aromatic N) is 1. The third kappa shape index (κ3) is 3.65. The number of hydrogen-bond acceptors (Lipinski definition) is 4. The third-order valence-electron chi connectivity index (χ3n) is 5.27. The van der Waals surface area contributed by atoms with Crippen molar-refractivity contribution in [1.82, 2.24) is 4.90 Å². The standard InChI is InChI=1S/C19H26FNO4/c1-3-24-13-19-8-4-10-25-17(19)7-9-21(12-19)18(22)14-5-6-16(23-2)15(20)11-14/h5-6,11,17H,3-4,7-10,12-13H2,1-2H3/t17-,19+/m1/s1. The SMILES string of the molecule is CCOC[C@@]12CCCO[C@@H]1CCN(C(=O)c1ccc(OC)c(F)c1)C2. The van der Waals surface area contributed by atoms with Gasteiger partial charge in [-0.05, 0) is 44.4 Å². The van der Waals surface area contributed by atoms with Crippen LogP contribution in [-0.2, 0) is 9.47 Å². The number of carbonyl (C=O) groups excluding carboxylic acids is 1. The number of rotatable bonds is 5. The van der Waals surface area contributed by atoms with Crippen LogP contribution in [0, 0.1) is 11.2 Å². The molecule has 0 unspecified atom stereocenters. The van der Waals surface area contributed by atoms with Gasteiger partial charge in [-0.2, -0.15) is 0 Å². The first kappa shape index (κ1) is 18.1. The van der Waals surface area contributed by atoms with Gasteiger partial charge in [0.15, 0.2) is 11.6 Å². The van der Waals surface area contributed by atoms with E-state index in [2.05, 4.69) is 0 Å². The number of piperidine rings is 1. The van der Waals surface area contributed by atoms with Crippen molar-refractivity contribution in [1.29, 1.82) is 0 Å². The average Bonchev–Trinajstić information content (AvgIpc) is 2.65. The van der Waals surface area contributed by atoms with E-state index in [0.29, 0.717) is 31.9 Å². The number of benzene rings is 1. The van der Waals surface area contributed by atoms with Gasteiger partial charge in [-0.15, -0.1) is 0 Å². The fourth-order valence-electron chi connectivity index (χ4n) is 3.96. The molecule has 0 N–H and O–H groups in total. The van der Waals surface area contributed by atoms with Crippen LogP contribution in [0.3, 0.4) is 0 Å². The van der Waals surface area contributed by atoms with Crippen molar-refractivity contribution in [2.24, 2.45) is 5.41 Å². The molecule has 2 saturated heterocycles. The number of ether oxygens (including phenoxy) is 3. The number of likely N-dealkylation sites (tertiary alicyclic amines) is 1. The molecule has 0 saturated carbocycles. The summed E-state index contributed by atoms with van der Waals surface area (Å²) in [5.74, 6) is -0.529. The highest BCUT2D eigenvalue weighted by Gasteiger charge is 2.47. The highest BCUT2D eigenvalue weighted by molar-refractivity contribution is 5.94. The van der Waals surface area contributed by atoms with Crippen molar-refractivity contribution in [3.63, 3.8) is 0 Å². The molecule has 138 valence electrons. The van der Waals surface area contributed by atoms with Crippen LogP contribution in [0.5, 0.6) is 5.75 Å². The first-order chi connectivity index (χ1) is 12.1. The van der Waals surface area contributed by atoms with Gasteiger partial charge >= 0.3 is 0 Å². The molecule has 2 aliphatic rings. The summed E-state index contributed by atoms with van der Waals surface area (Å²) in [5, 5.41) is 0. The van der Waals surface area contributed by atoms with Crippen molar-refractivity contribution in [3.8, 4) is 5.75 Å². The Kier molecular flexibility index (Phi) is 5.59. The second-order valence-electron chi connectivity index (χ2n) is 6.83. The molecule has 1 aromatic carbocycles. The monoisotopic (exact) mass is 351 g/mol. The van der Waals surface area contributed by atoms with Gasteiger partial charge in [0, 0.05) is 37.3 Å². The first-order valence-electron chi connectivity index (χ1n) is 8.92. The normalized spacial score (nSPS) is 26.2. The second kappa shape index (κ2) is 7.70. The van der Waals surface area contributed by atoms with Crippen LogP contribution in [0.4, 0.5) is 4.39 Å². The van der Waals surface area contributed by atoms with Crippen molar-refractivity contribution >= 4 is 5.91 Å². The average molecular weight is 351 g/mol. The molecule has 1 amide bonds. The summed E-state index contributed by atoms with van der Waals surface area (Å²) in [7, 11) is 1.41. The van der Waals surface area contributed by atoms with Crippen molar-refractivity contribution in [2.45, 2.75) is 32.3 Å². The van der Waals surface area contributed by atoms with E-state index in [1.165, 1.54) is 19.2 Å². The maximum atomic E-state index is 14.0. The largest absolute Gasteiger partial charge is 0.494 e. The van der Waals surface area contributed by atoms with Crippen LogP contribution in [0.2, 0.25) is 0 Å². The molecule has 0 spiro atoms. The summed E-state index contributed by atoms with van der Waals surface area (Å²) in [6, 6.07) is 4.36. The summed E-state index contributed by atoms with van der Waals surface area (Å²) in [6.45, 7) is 5.19. The molecule has 0 bridgehead atoms. The molecule has 1 aromatic rings. The molecule has 3 rings (SSSR count). The van der Waals surface area contributed by atoms with E-state index in [4.69, 9.17) is 14.2 Å². The van der Waals surface area contributed by atoms with Gasteiger partial charge in [0.05, 0.1) is 19.8 Å². The van der Waals surface area contributed by atoms with Crippen LogP contribution < -0.4 is 4.74 Å². The lowest BCUT2D eigenvalue weighted by molar-refractivity contribution is -0.146. The van der Waals surface area contributed by atoms with E-state index < -0.39 is 5.82 Å². The lowest BCUT2D eigenvalue weighted by Crippen LogP contribution is -2.58. The number of methoxy groups -OCH3 is 1. The van der Waals surface area contributed by atoms with Gasteiger partial charge in [0.1, 0.15) is 0 Å². The van der Waals surface area contributed by atoms with E-state index in [1.54, 1.807) is 6.07 Å². The van der Waals surface area contributed by atoms with Crippen LogP contribution in [-0.4, -0.2) is 56.9 Å². The summed E-state index contributed by atoms with van der Waals surface area (Å²) < 4.78 is 30.6. The second-order valence-corrected chi connectivity index (χ2v) is 6.83. The topological polar surface area (TPSA) is 48.0 Å². The van der Waals surface area contributed by atoms with Gasteiger partial charge < -0.3 is 19.1 Å². The molecular weight excluding hydrogens is 325 g/mol. The molecular formula is C19H26FNO4. The summed E-state index contributed by atoms with van der Waals surface area (Å²) in [4.78, 5) is 14.7. The Morgan fingerprint density at radius 1 is 1.48 bits per heavy atom. The smallest absolute Gasteiger partial charge is 0.253 e. The van der Waals surface area contributed by atoms with Crippen LogP contribution in [0.1, 0.15) is 36.5 Å². The van der Waals surface area contributed by atoms with Gasteiger partial charge in [0.25, 0.3) is 5.91 Å². The lowest BCUT2D eigenvalue weighted by Gasteiger charge is -2.50. The van der Waals surface area contributed by atoms with Gasteiger partial charge in [-0.25, -0.2) is 4.39 Å². The summed E-state index contributed by atoms with van der Waals surface area (Å²) in [6.07, 6.45) is 2.88. The maximum Gasteiger partial charge on any atom is 0.253 e. The zero-order chi connectivity index (χ0) is 17.9. The molecule has 2 fully saturated rings. The fraction of sp³-hybridized carbons (Fsp3) is 0.632. The zero-order valence-electron chi connectivity index (χ0n) is 14.9. The van der Waals surface area contributed by atoms with Crippen molar-refractivity contribution in [2.75, 3.05) is 40.0 Å². The Bertz CT molecular complexity index is 623. The maximum absolute atomic E-state index is 14.0. The molecule has 0 radical (unpaired) electrons. The predicted molar refractivity (Wildman–Crippen MR) is 91.4 cm³/mol. The fourth-order valence-corrected chi connectivity index (χ4v) is 3.96. The van der Waals surface area contributed by atoms with E-state index in [1.807, 2.05) is 11.8 Å². The lowest BCUT2D eigenvalue weighted by atomic mass is 9.73. The van der Waals surface area contributed by atoms with Crippen molar-refractivity contribution < 1.29 is 23.4 Å². The molecule has 0 aromatic heterocycles. The Morgan fingerprint density at radius 2 is 2.32 bits per heavy atom. The van der Waals surface area contributed by atoms with E-state index in [0.717, 1.165) is 25.9 Å². The van der Waals surface area contributed by atoms with Gasteiger partial charge in [0.2, 0.25) is 0 Å². The number of halogens is 1. The van der Waals surface area contributed by atoms with Crippen LogP contribution in [0.25, 0.3) is 0 Å². The highest BCUT2D eigenvalue weighted by Crippen LogP contribution is 2.40. The van der Waals surface area contributed by atoms with Crippen molar-refractivity contribution in [3.05, 3.63) is 29.6 Å². The van der Waals surface area contributed by atoms with Gasteiger partial charge in [-0.3, -0.25) is 4.79 Å². The molecule has 2 atom stereocenters. The Hall–Kier alpha value is -1.66. The molecule has 2 aliphatic heterocycles. The minimum absolute atomic E-state index is 0.129. The molecule has 6 heteroatoms. The number of hydrogen-bond donors (Lipinski definition) is 0. The number of fused-ring (bicyclic) bond motifs is 1. The Balaban J connectivity index is 1.78. The summed E-state index contributed by atoms with van der Waals surface area (Å²) >= 11 is 0. The van der Waals surface area contributed by atoms with E-state index >= 15 is 0 Å². The van der Waals surface area contributed by atoms with E-state index in [-0.39, 0.29) is 23.2 Å². The van der Waals surface area contributed by atoms with Crippen LogP contribution >= 0.6 is 0 Å². The molecule has 25 heavy (non-hydrogen) atoms. The van der Waals surface area contributed by atoms with Crippen LogP contribution in [0.15, 0.2) is 18.2 Å². The first-order valence-corrected chi connectivity index (χ1v) is 8.92. The molecule has 5 nitrogen and oxygen atoms in total. The number of amides is 1. The summed E-state index contributed by atoms with van der Waals surface area (Å²) in [5.41, 5.74) is 0.188. The van der Waals surface area contributed by atoms with Gasteiger partial charge in [-0.1, -0.05) is 0 Å². The highest BCUT2D eigenvalue weighted by atomic mass is 19.1. The zero-order valence-corrected chi connectivity index (χ0v) is 14.9. The third-order valence-corrected chi connectivity index (χ3v) is 5.27. The minimum atomic E-state index is -0.520.